The molecule has 0 aliphatic rings. The van der Waals surface area contributed by atoms with Gasteiger partial charge in [-0.05, 0) is 18.2 Å². The van der Waals surface area contributed by atoms with E-state index in [1.54, 1.807) is 24.3 Å². The highest BCUT2D eigenvalue weighted by Crippen LogP contribution is 2.30. The van der Waals surface area contributed by atoms with Crippen LogP contribution in [0.5, 0.6) is 0 Å². The van der Waals surface area contributed by atoms with E-state index in [9.17, 15) is 18.5 Å². The number of hydrogen-bond acceptors (Lipinski definition) is 6. The van der Waals surface area contributed by atoms with Gasteiger partial charge in [-0.25, -0.2) is 13.4 Å². The van der Waals surface area contributed by atoms with Crippen LogP contribution in [-0.4, -0.2) is 18.3 Å². The van der Waals surface area contributed by atoms with Crippen molar-refractivity contribution in [2.45, 2.75) is 4.90 Å². The second-order valence-corrected chi connectivity index (χ2v) is 8.82. The van der Waals surface area contributed by atoms with Gasteiger partial charge in [0, 0.05) is 28.3 Å². The summed E-state index contributed by atoms with van der Waals surface area (Å²) in [7, 11) is -4.10. The zero-order valence-electron chi connectivity index (χ0n) is 15.4. The number of thiazole rings is 1. The molecule has 0 unspecified atom stereocenters. The molecule has 0 atom stereocenters. The molecule has 0 spiro atoms. The van der Waals surface area contributed by atoms with Gasteiger partial charge in [-0.2, -0.15) is 0 Å². The fourth-order valence-corrected chi connectivity index (χ4v) is 4.94. The maximum absolute atomic E-state index is 12.6. The predicted octanol–water partition coefficient (Wildman–Crippen LogP) is 5.19. The lowest BCUT2D eigenvalue weighted by atomic mass is 10.1. The van der Waals surface area contributed by atoms with Crippen LogP contribution < -0.4 is 4.72 Å². The fraction of sp³-hybridized carbons (Fsp3) is 0. The second-order valence-electron chi connectivity index (χ2n) is 6.31. The first-order valence-corrected chi connectivity index (χ1v) is 11.2. The number of para-hydroxylation sites is 1. The summed E-state index contributed by atoms with van der Waals surface area (Å²) in [5.74, 6) is 0. The van der Waals surface area contributed by atoms with Crippen LogP contribution in [0.3, 0.4) is 0 Å². The van der Waals surface area contributed by atoms with Crippen LogP contribution in [0.1, 0.15) is 0 Å². The number of nitro benzene ring substituents is 1. The topological polar surface area (TPSA) is 102 Å². The molecule has 30 heavy (non-hydrogen) atoms. The van der Waals surface area contributed by atoms with Crippen LogP contribution in [0.25, 0.3) is 21.8 Å². The van der Waals surface area contributed by atoms with Crippen molar-refractivity contribution in [2.24, 2.45) is 0 Å². The molecule has 0 saturated carbocycles. The van der Waals surface area contributed by atoms with Crippen molar-refractivity contribution in [2.75, 3.05) is 4.72 Å². The average Bonchev–Trinajstić information content (AvgIpc) is 3.25. The quantitative estimate of drug-likeness (QED) is 0.330. The van der Waals surface area contributed by atoms with E-state index in [1.807, 2.05) is 35.7 Å². The number of sulfonamides is 1. The van der Waals surface area contributed by atoms with E-state index >= 15 is 0 Å². The van der Waals surface area contributed by atoms with Crippen LogP contribution in [0.15, 0.2) is 89.1 Å². The zero-order chi connectivity index (χ0) is 21.1. The van der Waals surface area contributed by atoms with Gasteiger partial charge in [0.2, 0.25) is 0 Å². The van der Waals surface area contributed by atoms with E-state index in [-0.39, 0.29) is 4.90 Å². The number of nitro groups is 1. The minimum absolute atomic E-state index is 0.301. The SMILES string of the molecule is O=[N+]([O-])c1ccccc1S(=O)(=O)Nc1ccc(-c2csc(-c3ccccc3)n2)cc1. The molecule has 1 aromatic heterocycles. The minimum Gasteiger partial charge on any atom is -0.279 e. The molecule has 7 nitrogen and oxygen atoms in total. The van der Waals surface area contributed by atoms with Crippen molar-refractivity contribution in [3.05, 3.63) is 94.4 Å². The Kier molecular flexibility index (Phi) is 5.30. The van der Waals surface area contributed by atoms with Gasteiger partial charge in [-0.1, -0.05) is 54.6 Å². The maximum Gasteiger partial charge on any atom is 0.289 e. The van der Waals surface area contributed by atoms with Crippen molar-refractivity contribution >= 4 is 32.7 Å². The lowest BCUT2D eigenvalue weighted by molar-refractivity contribution is -0.387. The highest BCUT2D eigenvalue weighted by atomic mass is 32.2. The van der Waals surface area contributed by atoms with Crippen LogP contribution >= 0.6 is 11.3 Å². The molecule has 1 N–H and O–H groups in total. The van der Waals surface area contributed by atoms with E-state index in [2.05, 4.69) is 9.71 Å². The molecule has 9 heteroatoms. The fourth-order valence-electron chi connectivity index (χ4n) is 2.87. The third kappa shape index (κ3) is 4.07. The zero-order valence-corrected chi connectivity index (χ0v) is 17.1. The predicted molar refractivity (Wildman–Crippen MR) is 117 cm³/mol. The van der Waals surface area contributed by atoms with Gasteiger partial charge in [-0.3, -0.25) is 14.8 Å². The van der Waals surface area contributed by atoms with Crippen LogP contribution in [-0.2, 0) is 10.0 Å². The van der Waals surface area contributed by atoms with E-state index in [0.717, 1.165) is 27.9 Å². The largest absolute Gasteiger partial charge is 0.289 e. The van der Waals surface area contributed by atoms with Crippen LogP contribution in [0.2, 0.25) is 0 Å². The molecule has 150 valence electrons. The Morgan fingerprint density at radius 2 is 1.53 bits per heavy atom. The lowest BCUT2D eigenvalue weighted by Gasteiger charge is -2.09. The summed E-state index contributed by atoms with van der Waals surface area (Å²) in [6.45, 7) is 0. The van der Waals surface area contributed by atoms with Gasteiger partial charge in [0.15, 0.2) is 4.90 Å². The average molecular weight is 438 g/mol. The van der Waals surface area contributed by atoms with Crippen molar-refractivity contribution in [3.8, 4) is 21.8 Å². The summed E-state index contributed by atoms with van der Waals surface area (Å²) in [6.07, 6.45) is 0. The Hall–Kier alpha value is -3.56. The molecule has 0 bridgehead atoms. The standard InChI is InChI=1S/C21H15N3O4S2/c25-24(26)19-8-4-5-9-20(19)30(27,28)23-17-12-10-15(11-13-17)18-14-29-21(22-18)16-6-2-1-3-7-16/h1-14,23H. The van der Waals surface area contributed by atoms with Crippen LogP contribution in [0.4, 0.5) is 11.4 Å². The van der Waals surface area contributed by atoms with Crippen molar-refractivity contribution < 1.29 is 13.3 Å². The summed E-state index contributed by atoms with van der Waals surface area (Å²) in [6, 6.07) is 21.8. The van der Waals surface area contributed by atoms with E-state index in [4.69, 9.17) is 0 Å². The molecule has 1 heterocycles. The first-order chi connectivity index (χ1) is 14.4. The van der Waals surface area contributed by atoms with Gasteiger partial charge < -0.3 is 0 Å². The third-order valence-electron chi connectivity index (χ3n) is 4.31. The number of hydrogen-bond donors (Lipinski definition) is 1. The Labute approximate surface area is 176 Å². The second kappa shape index (κ2) is 8.05. The monoisotopic (exact) mass is 437 g/mol. The van der Waals surface area contributed by atoms with Gasteiger partial charge >= 0.3 is 0 Å². The number of anilines is 1. The molecule has 0 radical (unpaired) electrons. The van der Waals surface area contributed by atoms with E-state index < -0.39 is 20.6 Å². The van der Waals surface area contributed by atoms with Crippen molar-refractivity contribution in [3.63, 3.8) is 0 Å². The summed E-state index contributed by atoms with van der Waals surface area (Å²) < 4.78 is 27.6. The number of rotatable bonds is 6. The molecule has 0 amide bonds. The Balaban J connectivity index is 1.56. The number of benzene rings is 3. The minimum atomic E-state index is -4.10. The smallest absolute Gasteiger partial charge is 0.279 e. The molecule has 4 rings (SSSR count). The van der Waals surface area contributed by atoms with Crippen molar-refractivity contribution in [1.82, 2.24) is 4.98 Å². The normalized spacial score (nSPS) is 11.2. The first kappa shape index (κ1) is 19.7. The van der Waals surface area contributed by atoms with Gasteiger partial charge in [0.05, 0.1) is 10.6 Å². The molecular weight excluding hydrogens is 422 g/mol. The molecule has 0 aliphatic heterocycles. The van der Waals surface area contributed by atoms with E-state index in [1.165, 1.54) is 29.5 Å². The molecular formula is C21H15N3O4S2. The van der Waals surface area contributed by atoms with Crippen molar-refractivity contribution in [1.29, 1.82) is 0 Å². The number of nitrogens with one attached hydrogen (secondary N) is 1. The number of aromatic nitrogens is 1. The molecule has 0 aliphatic carbocycles. The highest BCUT2D eigenvalue weighted by Gasteiger charge is 2.25. The van der Waals surface area contributed by atoms with Gasteiger partial charge in [0.1, 0.15) is 5.01 Å². The Bertz CT molecular complexity index is 1300. The van der Waals surface area contributed by atoms with E-state index in [0.29, 0.717) is 5.69 Å². The molecule has 0 fully saturated rings. The third-order valence-corrected chi connectivity index (χ3v) is 6.63. The molecule has 4 aromatic rings. The molecule has 0 saturated heterocycles. The Morgan fingerprint density at radius 3 is 2.23 bits per heavy atom. The van der Waals surface area contributed by atoms with Gasteiger partial charge in [-0.15, -0.1) is 11.3 Å². The highest BCUT2D eigenvalue weighted by molar-refractivity contribution is 7.92. The summed E-state index contributed by atoms with van der Waals surface area (Å²) >= 11 is 1.53. The number of nitrogens with zero attached hydrogens (tertiary/aromatic N) is 2. The lowest BCUT2D eigenvalue weighted by Crippen LogP contribution is -2.14. The Morgan fingerprint density at radius 1 is 0.867 bits per heavy atom. The van der Waals surface area contributed by atoms with Gasteiger partial charge in [0.25, 0.3) is 15.7 Å². The first-order valence-electron chi connectivity index (χ1n) is 8.82. The summed E-state index contributed by atoms with van der Waals surface area (Å²) in [4.78, 5) is 14.7. The summed E-state index contributed by atoms with van der Waals surface area (Å²) in [5.41, 5.74) is 2.48. The maximum atomic E-state index is 12.6. The van der Waals surface area contributed by atoms with Crippen LogP contribution in [0, 0.1) is 10.1 Å². The molecule has 3 aromatic carbocycles. The summed E-state index contributed by atoms with van der Waals surface area (Å²) in [5, 5.41) is 14.0.